The van der Waals surface area contributed by atoms with Crippen LogP contribution in [0.1, 0.15) is 26.3 Å². The van der Waals surface area contributed by atoms with Crippen molar-refractivity contribution in [1.29, 1.82) is 0 Å². The van der Waals surface area contributed by atoms with E-state index in [9.17, 15) is 0 Å². The molecule has 0 aliphatic carbocycles. The average molecular weight is 222 g/mol. The maximum atomic E-state index is 5.47. The number of hydrogen-bond donors (Lipinski definition) is 1. The Bertz CT molecular complexity index is 275. The van der Waals surface area contributed by atoms with Crippen molar-refractivity contribution < 1.29 is 4.74 Å². The number of hydrogen-bond acceptors (Lipinski definition) is 3. The number of aromatic nitrogens is 1. The zero-order valence-electron chi connectivity index (χ0n) is 10.4. The lowest BCUT2D eigenvalue weighted by molar-refractivity contribution is 0.0796. The molecule has 90 valence electrons. The molecular weight excluding hydrogens is 200 g/mol. The van der Waals surface area contributed by atoms with Gasteiger partial charge in [0.15, 0.2) is 0 Å². The fourth-order valence-corrected chi connectivity index (χ4v) is 1.54. The summed E-state index contributed by atoms with van der Waals surface area (Å²) >= 11 is 0. The normalized spacial score (nSPS) is 13.0. The summed E-state index contributed by atoms with van der Waals surface area (Å²) in [4.78, 5) is 4.01. The number of nitrogens with zero attached hydrogens (tertiary/aromatic N) is 1. The number of pyridine rings is 1. The number of rotatable bonds is 7. The summed E-state index contributed by atoms with van der Waals surface area (Å²) in [5, 5.41) is 3.44. The van der Waals surface area contributed by atoms with Crippen molar-refractivity contribution in [3.8, 4) is 0 Å². The van der Waals surface area contributed by atoms with Crippen LogP contribution in [0.3, 0.4) is 0 Å². The number of ether oxygens (including phenoxy) is 1. The van der Waals surface area contributed by atoms with Crippen LogP contribution >= 0.6 is 0 Å². The zero-order valence-corrected chi connectivity index (χ0v) is 10.4. The van der Waals surface area contributed by atoms with Crippen LogP contribution in [0.4, 0.5) is 0 Å². The molecule has 0 aromatic carbocycles. The van der Waals surface area contributed by atoms with Crippen LogP contribution in [0.2, 0.25) is 0 Å². The molecule has 0 fully saturated rings. The van der Waals surface area contributed by atoms with Gasteiger partial charge in [-0.1, -0.05) is 0 Å². The van der Waals surface area contributed by atoms with Crippen molar-refractivity contribution in [2.24, 2.45) is 0 Å². The molecule has 0 spiro atoms. The third-order valence-electron chi connectivity index (χ3n) is 2.34. The third-order valence-corrected chi connectivity index (χ3v) is 2.34. The Morgan fingerprint density at radius 2 is 1.94 bits per heavy atom. The third kappa shape index (κ3) is 5.83. The van der Waals surface area contributed by atoms with Crippen molar-refractivity contribution in [2.75, 3.05) is 13.2 Å². The van der Waals surface area contributed by atoms with E-state index < -0.39 is 0 Å². The van der Waals surface area contributed by atoms with Crippen molar-refractivity contribution in [2.45, 2.75) is 39.3 Å². The van der Waals surface area contributed by atoms with E-state index in [0.29, 0.717) is 12.1 Å². The highest BCUT2D eigenvalue weighted by Gasteiger charge is 2.02. The Morgan fingerprint density at radius 1 is 1.25 bits per heavy atom. The first kappa shape index (κ1) is 13.1. The second-order valence-electron chi connectivity index (χ2n) is 4.33. The van der Waals surface area contributed by atoms with Crippen LogP contribution < -0.4 is 5.32 Å². The first-order valence-corrected chi connectivity index (χ1v) is 5.92. The van der Waals surface area contributed by atoms with Gasteiger partial charge in [-0.3, -0.25) is 4.98 Å². The first-order chi connectivity index (χ1) is 7.68. The molecule has 0 radical (unpaired) electrons. The van der Waals surface area contributed by atoms with E-state index in [-0.39, 0.29) is 0 Å². The standard InChI is InChI=1S/C13H22N2O/c1-11(2)16-9-8-15-12(3)10-13-4-6-14-7-5-13/h4-7,11-12,15H,8-10H2,1-3H3. The lowest BCUT2D eigenvalue weighted by Gasteiger charge is -2.14. The van der Waals surface area contributed by atoms with Crippen LogP contribution in [0.15, 0.2) is 24.5 Å². The molecule has 0 bridgehead atoms. The largest absolute Gasteiger partial charge is 0.377 e. The molecule has 1 aromatic heterocycles. The first-order valence-electron chi connectivity index (χ1n) is 5.92. The molecule has 3 nitrogen and oxygen atoms in total. The smallest absolute Gasteiger partial charge is 0.0594 e. The molecular formula is C13H22N2O. The molecule has 1 rings (SSSR count). The summed E-state index contributed by atoms with van der Waals surface area (Å²) in [6, 6.07) is 4.59. The maximum Gasteiger partial charge on any atom is 0.0594 e. The fourth-order valence-electron chi connectivity index (χ4n) is 1.54. The van der Waals surface area contributed by atoms with Gasteiger partial charge in [0.25, 0.3) is 0 Å². The summed E-state index contributed by atoms with van der Waals surface area (Å²) in [5.74, 6) is 0. The van der Waals surface area contributed by atoms with Crippen LogP contribution in [0.25, 0.3) is 0 Å². The van der Waals surface area contributed by atoms with Crippen LogP contribution in [0.5, 0.6) is 0 Å². The molecule has 0 saturated carbocycles. The Balaban J connectivity index is 2.14. The molecule has 3 heteroatoms. The SMILES string of the molecule is CC(Cc1ccncc1)NCCOC(C)C. The van der Waals surface area contributed by atoms with E-state index in [4.69, 9.17) is 4.74 Å². The summed E-state index contributed by atoms with van der Waals surface area (Å²) in [7, 11) is 0. The highest BCUT2D eigenvalue weighted by atomic mass is 16.5. The molecule has 1 N–H and O–H groups in total. The van der Waals surface area contributed by atoms with Gasteiger partial charge in [-0.05, 0) is 44.9 Å². The Morgan fingerprint density at radius 3 is 2.56 bits per heavy atom. The second kappa shape index (κ2) is 7.36. The van der Waals surface area contributed by atoms with Gasteiger partial charge in [0.2, 0.25) is 0 Å². The average Bonchev–Trinajstić information content (AvgIpc) is 2.25. The van der Waals surface area contributed by atoms with E-state index in [2.05, 4.69) is 43.2 Å². The van der Waals surface area contributed by atoms with E-state index >= 15 is 0 Å². The topological polar surface area (TPSA) is 34.2 Å². The molecule has 0 saturated heterocycles. The molecule has 1 atom stereocenters. The highest BCUT2D eigenvalue weighted by Crippen LogP contribution is 2.00. The highest BCUT2D eigenvalue weighted by molar-refractivity contribution is 5.10. The Hall–Kier alpha value is -0.930. The lowest BCUT2D eigenvalue weighted by atomic mass is 10.1. The van der Waals surface area contributed by atoms with Gasteiger partial charge in [0.1, 0.15) is 0 Å². The van der Waals surface area contributed by atoms with Crippen molar-refractivity contribution in [1.82, 2.24) is 10.3 Å². The van der Waals surface area contributed by atoms with Gasteiger partial charge in [-0.25, -0.2) is 0 Å². The monoisotopic (exact) mass is 222 g/mol. The Labute approximate surface area is 98.2 Å². The van der Waals surface area contributed by atoms with Gasteiger partial charge in [0, 0.05) is 25.0 Å². The van der Waals surface area contributed by atoms with Gasteiger partial charge in [-0.2, -0.15) is 0 Å². The van der Waals surface area contributed by atoms with Crippen molar-refractivity contribution in [3.05, 3.63) is 30.1 Å². The summed E-state index contributed by atoms with van der Waals surface area (Å²) in [5.41, 5.74) is 1.32. The summed E-state index contributed by atoms with van der Waals surface area (Å²) < 4.78 is 5.47. The van der Waals surface area contributed by atoms with Gasteiger partial charge in [0.05, 0.1) is 12.7 Å². The molecule has 0 aliphatic heterocycles. The van der Waals surface area contributed by atoms with Crippen LogP contribution in [-0.2, 0) is 11.2 Å². The Kier molecular flexibility index (Phi) is 6.04. The van der Waals surface area contributed by atoms with Crippen molar-refractivity contribution in [3.63, 3.8) is 0 Å². The van der Waals surface area contributed by atoms with Gasteiger partial charge in [-0.15, -0.1) is 0 Å². The predicted molar refractivity (Wildman–Crippen MR) is 66.5 cm³/mol. The minimum absolute atomic E-state index is 0.317. The van der Waals surface area contributed by atoms with Crippen LogP contribution in [-0.4, -0.2) is 30.3 Å². The minimum atomic E-state index is 0.317. The van der Waals surface area contributed by atoms with E-state index in [1.807, 2.05) is 12.4 Å². The molecule has 1 heterocycles. The van der Waals surface area contributed by atoms with Crippen LogP contribution in [0, 0.1) is 0 Å². The summed E-state index contributed by atoms with van der Waals surface area (Å²) in [6.45, 7) is 7.99. The zero-order chi connectivity index (χ0) is 11.8. The molecule has 1 aromatic rings. The van der Waals surface area contributed by atoms with Gasteiger partial charge >= 0.3 is 0 Å². The lowest BCUT2D eigenvalue weighted by Crippen LogP contribution is -2.31. The van der Waals surface area contributed by atoms with Crippen molar-refractivity contribution >= 4 is 0 Å². The summed E-state index contributed by atoms with van der Waals surface area (Å²) in [6.07, 6.45) is 5.02. The second-order valence-corrected chi connectivity index (χ2v) is 4.33. The maximum absolute atomic E-state index is 5.47. The molecule has 16 heavy (non-hydrogen) atoms. The van der Waals surface area contributed by atoms with E-state index in [1.54, 1.807) is 0 Å². The van der Waals surface area contributed by atoms with Gasteiger partial charge < -0.3 is 10.1 Å². The predicted octanol–water partition coefficient (Wildman–Crippen LogP) is 2.03. The quantitative estimate of drug-likeness (QED) is 0.717. The van der Waals surface area contributed by atoms with E-state index in [1.165, 1.54) is 5.56 Å². The minimum Gasteiger partial charge on any atom is -0.377 e. The number of nitrogens with one attached hydrogen (secondary N) is 1. The van der Waals surface area contributed by atoms with E-state index in [0.717, 1.165) is 19.6 Å². The fraction of sp³-hybridized carbons (Fsp3) is 0.615. The molecule has 0 amide bonds. The molecule has 0 aliphatic rings. The molecule has 1 unspecified atom stereocenters.